The second kappa shape index (κ2) is 10.6. The number of benzene rings is 2. The molecule has 1 heterocycles. The molecule has 0 bridgehead atoms. The summed E-state index contributed by atoms with van der Waals surface area (Å²) in [6.07, 6.45) is 0.667. The first kappa shape index (κ1) is 24.4. The monoisotopic (exact) mass is 451 g/mol. The summed E-state index contributed by atoms with van der Waals surface area (Å²) in [6, 6.07) is 13.6. The number of ketones is 1. The van der Waals surface area contributed by atoms with Gasteiger partial charge in [-0.25, -0.2) is 0 Å². The lowest BCUT2D eigenvalue weighted by Crippen LogP contribution is -2.30. The van der Waals surface area contributed by atoms with Crippen LogP contribution in [0.5, 0.6) is 11.5 Å². The number of aliphatic hydroxyl groups is 1. The average Bonchev–Trinajstić information content (AvgIpc) is 3.02. The van der Waals surface area contributed by atoms with Gasteiger partial charge in [-0.05, 0) is 56.0 Å². The van der Waals surface area contributed by atoms with Crippen molar-refractivity contribution in [2.45, 2.75) is 53.2 Å². The molecule has 1 atom stereocenters. The zero-order valence-electron chi connectivity index (χ0n) is 20.0. The van der Waals surface area contributed by atoms with Crippen LogP contribution in [-0.2, 0) is 9.59 Å². The number of rotatable bonds is 9. The Balaban J connectivity index is 2.09. The number of ether oxygens (including phenoxy) is 2. The molecule has 1 unspecified atom stereocenters. The van der Waals surface area contributed by atoms with Crippen LogP contribution in [0.1, 0.15) is 58.2 Å². The number of hydrogen-bond donors (Lipinski definition) is 1. The summed E-state index contributed by atoms with van der Waals surface area (Å²) >= 11 is 0. The first-order chi connectivity index (χ1) is 15.7. The van der Waals surface area contributed by atoms with E-state index in [1.54, 1.807) is 24.3 Å². The highest BCUT2D eigenvalue weighted by Crippen LogP contribution is 2.40. The lowest BCUT2D eigenvalue weighted by atomic mass is 9.95. The third kappa shape index (κ3) is 5.56. The van der Waals surface area contributed by atoms with Crippen LogP contribution >= 0.6 is 0 Å². The minimum absolute atomic E-state index is 0.0177. The van der Waals surface area contributed by atoms with E-state index in [2.05, 4.69) is 13.8 Å². The van der Waals surface area contributed by atoms with Crippen molar-refractivity contribution < 1.29 is 24.2 Å². The topological polar surface area (TPSA) is 76.1 Å². The second-order valence-electron chi connectivity index (χ2n) is 8.96. The predicted octanol–water partition coefficient (Wildman–Crippen LogP) is 5.34. The standard InChI is InChI=1S/C27H33NO5/c1-6-13-28-24(19-9-7-12-22(14-19)33-18(4)5)23(26(30)27(28)31)25(29)20-10-8-11-21(15-20)32-16-17(2)3/h7-12,14-15,17-18,24,29H,6,13,16H2,1-5H3/b25-23-. The number of hydrogen-bond acceptors (Lipinski definition) is 5. The maximum atomic E-state index is 13.1. The number of carbonyl (C=O) groups is 2. The van der Waals surface area contributed by atoms with Crippen LogP contribution in [-0.4, -0.2) is 41.0 Å². The quantitative estimate of drug-likeness (QED) is 0.316. The van der Waals surface area contributed by atoms with E-state index in [1.165, 1.54) is 4.90 Å². The number of likely N-dealkylation sites (tertiary alicyclic amines) is 1. The molecule has 0 spiro atoms. The number of Topliss-reactive ketones (excluding diaryl/α,β-unsaturated/α-hetero) is 1. The third-order valence-corrected chi connectivity index (χ3v) is 5.24. The van der Waals surface area contributed by atoms with Crippen LogP contribution < -0.4 is 9.47 Å². The van der Waals surface area contributed by atoms with E-state index < -0.39 is 17.7 Å². The van der Waals surface area contributed by atoms with Gasteiger partial charge in [-0.2, -0.15) is 0 Å². The van der Waals surface area contributed by atoms with Crippen molar-refractivity contribution in [2.75, 3.05) is 13.2 Å². The summed E-state index contributed by atoms with van der Waals surface area (Å²) in [5.41, 5.74) is 1.23. The van der Waals surface area contributed by atoms with Gasteiger partial charge >= 0.3 is 0 Å². The maximum Gasteiger partial charge on any atom is 0.295 e. The highest BCUT2D eigenvalue weighted by molar-refractivity contribution is 6.46. The van der Waals surface area contributed by atoms with Crippen LogP contribution in [0.4, 0.5) is 0 Å². The summed E-state index contributed by atoms with van der Waals surface area (Å²) in [5.74, 6) is 0.0950. The van der Waals surface area contributed by atoms with E-state index in [1.807, 2.05) is 45.0 Å². The lowest BCUT2D eigenvalue weighted by molar-refractivity contribution is -0.139. The summed E-state index contributed by atoms with van der Waals surface area (Å²) < 4.78 is 11.6. The van der Waals surface area contributed by atoms with Crippen LogP contribution in [0.25, 0.3) is 5.76 Å². The van der Waals surface area contributed by atoms with Crippen molar-refractivity contribution in [2.24, 2.45) is 5.92 Å². The molecule has 1 aliphatic heterocycles. The molecule has 2 aromatic carbocycles. The Kier molecular flexibility index (Phi) is 7.79. The minimum atomic E-state index is -0.694. The fourth-order valence-electron chi connectivity index (χ4n) is 3.88. The van der Waals surface area contributed by atoms with Gasteiger partial charge in [0.15, 0.2) is 0 Å². The van der Waals surface area contributed by atoms with Crippen LogP contribution in [0.2, 0.25) is 0 Å². The number of aliphatic hydroxyl groups excluding tert-OH is 1. The van der Waals surface area contributed by atoms with E-state index in [-0.39, 0.29) is 17.4 Å². The molecule has 6 nitrogen and oxygen atoms in total. The van der Waals surface area contributed by atoms with Crippen molar-refractivity contribution in [3.63, 3.8) is 0 Å². The fraction of sp³-hybridized carbons (Fsp3) is 0.407. The van der Waals surface area contributed by atoms with Crippen molar-refractivity contribution in [1.29, 1.82) is 0 Å². The number of carbonyl (C=O) groups excluding carboxylic acids is 2. The van der Waals surface area contributed by atoms with Gasteiger partial charge in [0.25, 0.3) is 11.7 Å². The van der Waals surface area contributed by atoms with Crippen LogP contribution in [0.3, 0.4) is 0 Å². The van der Waals surface area contributed by atoms with Crippen LogP contribution in [0.15, 0.2) is 54.1 Å². The second-order valence-corrected chi connectivity index (χ2v) is 8.96. The van der Waals surface area contributed by atoms with Crippen molar-refractivity contribution in [1.82, 2.24) is 4.90 Å². The molecule has 1 saturated heterocycles. The Morgan fingerprint density at radius 3 is 2.39 bits per heavy atom. The SMILES string of the molecule is CCCN1C(=O)C(=O)/C(=C(\O)c2cccc(OCC(C)C)c2)C1c1cccc(OC(C)C)c1. The number of nitrogens with zero attached hydrogens (tertiary/aromatic N) is 1. The molecular weight excluding hydrogens is 418 g/mol. The van der Waals surface area contributed by atoms with Crippen molar-refractivity contribution in [3.05, 3.63) is 65.2 Å². The van der Waals surface area contributed by atoms with E-state index in [0.717, 1.165) is 5.56 Å². The number of amides is 1. The molecule has 3 rings (SSSR count). The lowest BCUT2D eigenvalue weighted by Gasteiger charge is -2.25. The Morgan fingerprint density at radius 1 is 1.03 bits per heavy atom. The van der Waals surface area contributed by atoms with Gasteiger partial charge in [-0.3, -0.25) is 9.59 Å². The van der Waals surface area contributed by atoms with Gasteiger partial charge < -0.3 is 19.5 Å². The Hall–Kier alpha value is -3.28. The Morgan fingerprint density at radius 2 is 1.73 bits per heavy atom. The molecule has 1 aliphatic rings. The third-order valence-electron chi connectivity index (χ3n) is 5.24. The summed E-state index contributed by atoms with van der Waals surface area (Å²) in [5, 5.41) is 11.2. The van der Waals surface area contributed by atoms with Gasteiger partial charge in [0.05, 0.1) is 24.3 Å². The molecule has 1 N–H and O–H groups in total. The van der Waals surface area contributed by atoms with E-state index in [4.69, 9.17) is 9.47 Å². The molecule has 6 heteroatoms. The molecule has 0 radical (unpaired) electrons. The first-order valence-corrected chi connectivity index (χ1v) is 11.5. The maximum absolute atomic E-state index is 13.1. The van der Waals surface area contributed by atoms with Gasteiger partial charge in [-0.15, -0.1) is 0 Å². The highest BCUT2D eigenvalue weighted by atomic mass is 16.5. The zero-order chi connectivity index (χ0) is 24.1. The van der Waals surface area contributed by atoms with E-state index in [0.29, 0.717) is 42.6 Å². The zero-order valence-corrected chi connectivity index (χ0v) is 20.0. The summed E-state index contributed by atoms with van der Waals surface area (Å²) in [7, 11) is 0. The summed E-state index contributed by atoms with van der Waals surface area (Å²) in [6.45, 7) is 10.9. The largest absolute Gasteiger partial charge is 0.507 e. The molecule has 33 heavy (non-hydrogen) atoms. The molecule has 0 aromatic heterocycles. The van der Waals surface area contributed by atoms with Crippen LogP contribution in [0, 0.1) is 5.92 Å². The van der Waals surface area contributed by atoms with Gasteiger partial charge in [0, 0.05) is 12.1 Å². The van der Waals surface area contributed by atoms with Crippen molar-refractivity contribution >= 4 is 17.4 Å². The average molecular weight is 452 g/mol. The smallest absolute Gasteiger partial charge is 0.295 e. The molecule has 2 aromatic rings. The van der Waals surface area contributed by atoms with Gasteiger partial charge in [-0.1, -0.05) is 45.0 Å². The molecular formula is C27H33NO5. The molecule has 0 saturated carbocycles. The Labute approximate surface area is 195 Å². The van der Waals surface area contributed by atoms with Crippen molar-refractivity contribution in [3.8, 4) is 11.5 Å². The first-order valence-electron chi connectivity index (χ1n) is 11.5. The molecule has 176 valence electrons. The Bertz CT molecular complexity index is 1040. The minimum Gasteiger partial charge on any atom is -0.507 e. The van der Waals surface area contributed by atoms with Gasteiger partial charge in [0.1, 0.15) is 17.3 Å². The summed E-state index contributed by atoms with van der Waals surface area (Å²) in [4.78, 5) is 27.5. The van der Waals surface area contributed by atoms with E-state index >= 15 is 0 Å². The normalized spacial score (nSPS) is 17.8. The highest BCUT2D eigenvalue weighted by Gasteiger charge is 2.45. The predicted molar refractivity (Wildman–Crippen MR) is 128 cm³/mol. The van der Waals surface area contributed by atoms with Gasteiger partial charge in [0.2, 0.25) is 0 Å². The molecule has 1 amide bonds. The van der Waals surface area contributed by atoms with E-state index in [9.17, 15) is 14.7 Å². The fourth-order valence-corrected chi connectivity index (χ4v) is 3.88. The molecule has 0 aliphatic carbocycles. The molecule has 1 fully saturated rings.